The van der Waals surface area contributed by atoms with E-state index in [-0.39, 0.29) is 5.25 Å². The van der Waals surface area contributed by atoms with Crippen LogP contribution in [-0.2, 0) is 0 Å². The van der Waals surface area contributed by atoms with Crippen molar-refractivity contribution in [3.05, 3.63) is 54.1 Å². The predicted molar refractivity (Wildman–Crippen MR) is 93.0 cm³/mol. The van der Waals surface area contributed by atoms with E-state index in [1.807, 2.05) is 42.5 Å². The number of rotatable bonds is 6. The molecule has 0 amide bonds. The summed E-state index contributed by atoms with van der Waals surface area (Å²) in [5, 5.41) is 12.9. The number of hydrogen-bond acceptors (Lipinski definition) is 6. The highest BCUT2D eigenvalue weighted by Crippen LogP contribution is 2.38. The van der Waals surface area contributed by atoms with Crippen LogP contribution in [0.15, 0.2) is 53.7 Å². The lowest BCUT2D eigenvalue weighted by Crippen LogP contribution is -2.01. The zero-order valence-electron chi connectivity index (χ0n) is 13.7. The molecule has 1 aromatic heterocycles. The van der Waals surface area contributed by atoms with Crippen LogP contribution in [0.3, 0.4) is 0 Å². The minimum absolute atomic E-state index is 0.143. The maximum atomic E-state index is 5.44. The van der Waals surface area contributed by atoms with Gasteiger partial charge in [-0.25, -0.2) is 0 Å². The summed E-state index contributed by atoms with van der Waals surface area (Å²) in [5.74, 6) is 1.66. The van der Waals surface area contributed by atoms with Crippen LogP contribution in [0.25, 0.3) is 5.69 Å². The molecule has 0 radical (unpaired) electrons. The fourth-order valence-electron chi connectivity index (χ4n) is 2.36. The second kappa shape index (κ2) is 7.35. The summed E-state index contributed by atoms with van der Waals surface area (Å²) in [6.07, 6.45) is 0. The monoisotopic (exact) mass is 342 g/mol. The lowest BCUT2D eigenvalue weighted by molar-refractivity contribution is 0.410. The van der Waals surface area contributed by atoms with E-state index in [9.17, 15) is 0 Å². The van der Waals surface area contributed by atoms with Crippen molar-refractivity contribution in [1.82, 2.24) is 20.2 Å². The molecular formula is C17H18N4O2S. The second-order valence-electron chi connectivity index (χ2n) is 5.07. The van der Waals surface area contributed by atoms with Crippen LogP contribution in [0.2, 0.25) is 0 Å². The van der Waals surface area contributed by atoms with Crippen LogP contribution < -0.4 is 9.47 Å². The SMILES string of the molecule is COc1ccc(-n2nnnc2S[C@H](C)c2ccccc2OC)cc1. The first-order valence-corrected chi connectivity index (χ1v) is 8.33. The molecule has 6 nitrogen and oxygen atoms in total. The van der Waals surface area contributed by atoms with E-state index in [1.54, 1.807) is 30.7 Å². The summed E-state index contributed by atoms with van der Waals surface area (Å²) >= 11 is 1.58. The average Bonchev–Trinajstić information content (AvgIpc) is 3.09. The van der Waals surface area contributed by atoms with Gasteiger partial charge in [0, 0.05) is 10.8 Å². The summed E-state index contributed by atoms with van der Waals surface area (Å²) < 4.78 is 12.3. The maximum Gasteiger partial charge on any atom is 0.214 e. The molecule has 0 aliphatic carbocycles. The van der Waals surface area contributed by atoms with Crippen molar-refractivity contribution in [2.45, 2.75) is 17.3 Å². The van der Waals surface area contributed by atoms with Gasteiger partial charge in [-0.15, -0.1) is 5.10 Å². The van der Waals surface area contributed by atoms with Crippen molar-refractivity contribution < 1.29 is 9.47 Å². The Kier molecular flexibility index (Phi) is 5.00. The normalized spacial score (nSPS) is 12.0. The minimum atomic E-state index is 0.143. The highest BCUT2D eigenvalue weighted by atomic mass is 32.2. The predicted octanol–water partition coefficient (Wildman–Crippen LogP) is 3.53. The Morgan fingerprint density at radius 1 is 1.00 bits per heavy atom. The Bertz CT molecular complexity index is 804. The molecule has 0 unspecified atom stereocenters. The highest BCUT2D eigenvalue weighted by Gasteiger charge is 2.17. The summed E-state index contributed by atoms with van der Waals surface area (Å²) in [6, 6.07) is 15.6. The quantitative estimate of drug-likeness (QED) is 0.639. The van der Waals surface area contributed by atoms with E-state index < -0.39 is 0 Å². The fraction of sp³-hybridized carbons (Fsp3) is 0.235. The molecule has 124 valence electrons. The molecule has 3 rings (SSSR count). The molecule has 1 atom stereocenters. The van der Waals surface area contributed by atoms with Crippen LogP contribution >= 0.6 is 11.8 Å². The van der Waals surface area contributed by atoms with Gasteiger partial charge in [-0.1, -0.05) is 30.0 Å². The van der Waals surface area contributed by atoms with Crippen LogP contribution in [-0.4, -0.2) is 34.4 Å². The Labute approximate surface area is 144 Å². The van der Waals surface area contributed by atoms with Gasteiger partial charge in [0.15, 0.2) is 0 Å². The van der Waals surface area contributed by atoms with Crippen LogP contribution in [0.4, 0.5) is 0 Å². The largest absolute Gasteiger partial charge is 0.497 e. The van der Waals surface area contributed by atoms with Crippen LogP contribution in [0.5, 0.6) is 11.5 Å². The smallest absolute Gasteiger partial charge is 0.214 e. The lowest BCUT2D eigenvalue weighted by atomic mass is 10.1. The average molecular weight is 342 g/mol. The van der Waals surface area contributed by atoms with Crippen molar-refractivity contribution in [1.29, 1.82) is 0 Å². The van der Waals surface area contributed by atoms with Crippen molar-refractivity contribution in [2.75, 3.05) is 14.2 Å². The Morgan fingerprint density at radius 2 is 1.75 bits per heavy atom. The second-order valence-corrected chi connectivity index (χ2v) is 6.38. The first-order valence-electron chi connectivity index (χ1n) is 7.45. The molecule has 2 aromatic carbocycles. The van der Waals surface area contributed by atoms with Crippen molar-refractivity contribution in [3.8, 4) is 17.2 Å². The van der Waals surface area contributed by atoms with Gasteiger partial charge in [0.1, 0.15) is 11.5 Å². The molecule has 24 heavy (non-hydrogen) atoms. The molecule has 1 heterocycles. The van der Waals surface area contributed by atoms with Crippen LogP contribution in [0.1, 0.15) is 17.7 Å². The zero-order valence-corrected chi connectivity index (χ0v) is 14.5. The number of hydrogen-bond donors (Lipinski definition) is 0. The third-order valence-corrected chi connectivity index (χ3v) is 4.69. The molecule has 7 heteroatoms. The molecular weight excluding hydrogens is 324 g/mol. The van der Waals surface area contributed by atoms with Crippen molar-refractivity contribution in [2.24, 2.45) is 0 Å². The first-order chi connectivity index (χ1) is 11.7. The number of methoxy groups -OCH3 is 2. The number of benzene rings is 2. The fourth-order valence-corrected chi connectivity index (χ4v) is 3.33. The molecule has 0 spiro atoms. The Balaban J connectivity index is 1.85. The van der Waals surface area contributed by atoms with E-state index >= 15 is 0 Å². The Morgan fingerprint density at radius 3 is 2.46 bits per heavy atom. The number of thioether (sulfide) groups is 1. The van der Waals surface area contributed by atoms with Gasteiger partial charge in [-0.2, -0.15) is 4.68 Å². The maximum absolute atomic E-state index is 5.44. The number of ether oxygens (including phenoxy) is 2. The molecule has 0 bridgehead atoms. The lowest BCUT2D eigenvalue weighted by Gasteiger charge is -2.14. The minimum Gasteiger partial charge on any atom is -0.497 e. The van der Waals surface area contributed by atoms with E-state index in [1.165, 1.54) is 0 Å². The summed E-state index contributed by atoms with van der Waals surface area (Å²) in [4.78, 5) is 0. The summed E-state index contributed by atoms with van der Waals surface area (Å²) in [5.41, 5.74) is 1.99. The van der Waals surface area contributed by atoms with Gasteiger partial charge in [-0.05, 0) is 47.7 Å². The van der Waals surface area contributed by atoms with E-state index in [4.69, 9.17) is 9.47 Å². The van der Waals surface area contributed by atoms with Crippen molar-refractivity contribution in [3.63, 3.8) is 0 Å². The Hall–Kier alpha value is -2.54. The van der Waals surface area contributed by atoms with Crippen LogP contribution in [0, 0.1) is 0 Å². The van der Waals surface area contributed by atoms with Gasteiger partial charge in [0.05, 0.1) is 19.9 Å². The molecule has 0 N–H and O–H groups in total. The topological polar surface area (TPSA) is 62.1 Å². The van der Waals surface area contributed by atoms with Crippen molar-refractivity contribution >= 4 is 11.8 Å². The number of tetrazole rings is 1. The van der Waals surface area contributed by atoms with Gasteiger partial charge in [-0.3, -0.25) is 0 Å². The molecule has 0 saturated heterocycles. The number of aromatic nitrogens is 4. The molecule has 0 fully saturated rings. The van der Waals surface area contributed by atoms with E-state index in [2.05, 4.69) is 28.5 Å². The van der Waals surface area contributed by atoms with Gasteiger partial charge >= 0.3 is 0 Å². The number of para-hydroxylation sites is 1. The van der Waals surface area contributed by atoms with Gasteiger partial charge < -0.3 is 9.47 Å². The van der Waals surface area contributed by atoms with Gasteiger partial charge in [0.25, 0.3) is 0 Å². The summed E-state index contributed by atoms with van der Waals surface area (Å²) in [7, 11) is 3.32. The zero-order chi connectivity index (χ0) is 16.9. The third-order valence-electron chi connectivity index (χ3n) is 3.62. The molecule has 3 aromatic rings. The standard InChI is InChI=1S/C17H18N4O2S/c1-12(15-6-4-5-7-16(15)23-3)24-17-18-19-20-21(17)13-8-10-14(22-2)11-9-13/h4-12H,1-3H3/t12-/m1/s1. The molecule has 0 aliphatic rings. The van der Waals surface area contributed by atoms with Gasteiger partial charge in [0.2, 0.25) is 5.16 Å². The van der Waals surface area contributed by atoms with E-state index in [0.717, 1.165) is 27.9 Å². The third kappa shape index (κ3) is 3.35. The highest BCUT2D eigenvalue weighted by molar-refractivity contribution is 7.99. The molecule has 0 aliphatic heterocycles. The number of nitrogens with zero attached hydrogens (tertiary/aromatic N) is 4. The van der Waals surface area contributed by atoms with E-state index in [0.29, 0.717) is 0 Å². The molecule has 0 saturated carbocycles. The summed E-state index contributed by atoms with van der Waals surface area (Å²) in [6.45, 7) is 2.11. The first kappa shape index (κ1) is 16.3.